The van der Waals surface area contributed by atoms with E-state index in [1.807, 2.05) is 6.92 Å². The fourth-order valence-electron chi connectivity index (χ4n) is 2.53. The van der Waals surface area contributed by atoms with E-state index in [1.54, 1.807) is 48.5 Å². The van der Waals surface area contributed by atoms with Crippen molar-refractivity contribution in [2.45, 2.75) is 11.8 Å². The van der Waals surface area contributed by atoms with Gasteiger partial charge in [0.25, 0.3) is 10.0 Å². The van der Waals surface area contributed by atoms with E-state index in [0.29, 0.717) is 16.1 Å². The first-order chi connectivity index (χ1) is 14.8. The van der Waals surface area contributed by atoms with E-state index in [-0.39, 0.29) is 16.4 Å². The number of aryl methyl sites for hydroxylation is 1. The Hall–Kier alpha value is -3.36. The van der Waals surface area contributed by atoms with Crippen molar-refractivity contribution in [2.24, 2.45) is 5.10 Å². The Bertz CT molecular complexity index is 1210. The number of methoxy groups -OCH3 is 1. The number of sulfonamides is 1. The van der Waals surface area contributed by atoms with Gasteiger partial charge in [-0.1, -0.05) is 29.3 Å². The number of benzene rings is 3. The van der Waals surface area contributed by atoms with E-state index < -0.39 is 16.0 Å². The first-order valence-electron chi connectivity index (χ1n) is 9.06. The van der Waals surface area contributed by atoms with Gasteiger partial charge in [-0.05, 0) is 67.1 Å². The lowest BCUT2D eigenvalue weighted by atomic mass is 10.2. The molecule has 3 rings (SSSR count). The predicted molar refractivity (Wildman–Crippen MR) is 118 cm³/mol. The Labute approximate surface area is 185 Å². The first-order valence-corrected chi connectivity index (χ1v) is 10.9. The van der Waals surface area contributed by atoms with E-state index in [2.05, 4.69) is 9.93 Å². The van der Waals surface area contributed by atoms with Crippen LogP contribution in [0.5, 0.6) is 11.5 Å². The standard InChI is InChI=1S/C22H19ClN2O5S/c1-15-3-10-19(11-4-15)31(27,28)25-24-14-16-5-12-20(21(13-16)29-2)30-22(26)17-6-8-18(23)9-7-17/h3-14,25H,1-2H3/b24-14-. The molecule has 0 saturated heterocycles. The molecule has 0 aliphatic heterocycles. The maximum atomic E-state index is 12.3. The third-order valence-corrected chi connectivity index (χ3v) is 5.68. The van der Waals surface area contributed by atoms with Crippen LogP contribution in [-0.2, 0) is 10.0 Å². The lowest BCUT2D eigenvalue weighted by Gasteiger charge is -2.10. The van der Waals surface area contributed by atoms with Crippen molar-refractivity contribution < 1.29 is 22.7 Å². The van der Waals surface area contributed by atoms with Crippen molar-refractivity contribution in [1.82, 2.24) is 4.83 Å². The second kappa shape index (κ2) is 9.63. The topological polar surface area (TPSA) is 94.1 Å². The van der Waals surface area contributed by atoms with Gasteiger partial charge in [0.1, 0.15) is 0 Å². The Morgan fingerprint density at radius 3 is 2.32 bits per heavy atom. The minimum atomic E-state index is -3.78. The van der Waals surface area contributed by atoms with Gasteiger partial charge in [-0.3, -0.25) is 0 Å². The Morgan fingerprint density at radius 2 is 1.68 bits per heavy atom. The molecule has 160 valence electrons. The summed E-state index contributed by atoms with van der Waals surface area (Å²) in [5.74, 6) is -0.0743. The van der Waals surface area contributed by atoms with Crippen molar-refractivity contribution in [2.75, 3.05) is 7.11 Å². The largest absolute Gasteiger partial charge is 0.493 e. The summed E-state index contributed by atoms with van der Waals surface area (Å²) in [6.45, 7) is 1.87. The van der Waals surface area contributed by atoms with E-state index >= 15 is 0 Å². The van der Waals surface area contributed by atoms with Crippen LogP contribution >= 0.6 is 11.6 Å². The van der Waals surface area contributed by atoms with E-state index in [1.165, 1.54) is 31.5 Å². The van der Waals surface area contributed by atoms with Gasteiger partial charge < -0.3 is 9.47 Å². The molecule has 3 aromatic carbocycles. The molecule has 0 spiro atoms. The van der Waals surface area contributed by atoms with Crippen molar-refractivity contribution >= 4 is 33.8 Å². The average Bonchev–Trinajstić information content (AvgIpc) is 2.75. The first kappa shape index (κ1) is 22.3. The maximum absolute atomic E-state index is 12.3. The Morgan fingerprint density at radius 1 is 1.00 bits per heavy atom. The number of halogens is 1. The number of rotatable bonds is 7. The SMILES string of the molecule is COc1cc(/C=N\NS(=O)(=O)c2ccc(C)cc2)ccc1OC(=O)c1ccc(Cl)cc1. The fourth-order valence-corrected chi connectivity index (χ4v) is 3.45. The third-order valence-electron chi connectivity index (χ3n) is 4.19. The molecule has 0 heterocycles. The highest BCUT2D eigenvalue weighted by molar-refractivity contribution is 7.89. The van der Waals surface area contributed by atoms with Gasteiger partial charge in [0.15, 0.2) is 11.5 Å². The second-order valence-corrected chi connectivity index (χ2v) is 8.57. The molecule has 0 fully saturated rings. The summed E-state index contributed by atoms with van der Waals surface area (Å²) >= 11 is 5.83. The van der Waals surface area contributed by atoms with Gasteiger partial charge in [-0.2, -0.15) is 13.5 Å². The molecule has 1 N–H and O–H groups in total. The molecule has 31 heavy (non-hydrogen) atoms. The fraction of sp³-hybridized carbons (Fsp3) is 0.0909. The number of nitrogens with zero attached hydrogens (tertiary/aromatic N) is 1. The van der Waals surface area contributed by atoms with Gasteiger partial charge in [-0.15, -0.1) is 0 Å². The summed E-state index contributed by atoms with van der Waals surface area (Å²) in [6.07, 6.45) is 1.32. The number of hydrazone groups is 1. The van der Waals surface area contributed by atoms with Crippen molar-refractivity contribution in [3.05, 3.63) is 88.4 Å². The highest BCUT2D eigenvalue weighted by Crippen LogP contribution is 2.28. The Balaban J connectivity index is 1.71. The van der Waals surface area contributed by atoms with Gasteiger partial charge in [-0.25, -0.2) is 9.63 Å². The summed E-state index contributed by atoms with van der Waals surface area (Å²) in [6, 6.07) is 17.4. The van der Waals surface area contributed by atoms with Crippen LogP contribution in [0.4, 0.5) is 0 Å². The summed E-state index contributed by atoms with van der Waals surface area (Å²) in [7, 11) is -2.35. The monoisotopic (exact) mass is 458 g/mol. The van der Waals surface area contributed by atoms with Gasteiger partial charge in [0, 0.05) is 5.02 Å². The zero-order valence-electron chi connectivity index (χ0n) is 16.7. The minimum Gasteiger partial charge on any atom is -0.493 e. The zero-order chi connectivity index (χ0) is 22.4. The smallest absolute Gasteiger partial charge is 0.343 e. The van der Waals surface area contributed by atoms with Crippen LogP contribution in [0, 0.1) is 6.92 Å². The van der Waals surface area contributed by atoms with Gasteiger partial charge >= 0.3 is 5.97 Å². The molecule has 0 bridgehead atoms. The lowest BCUT2D eigenvalue weighted by molar-refractivity contribution is 0.0729. The normalized spacial score (nSPS) is 11.3. The lowest BCUT2D eigenvalue weighted by Crippen LogP contribution is -2.18. The number of nitrogens with one attached hydrogen (secondary N) is 1. The highest BCUT2D eigenvalue weighted by Gasteiger charge is 2.14. The number of hydrogen-bond acceptors (Lipinski definition) is 6. The molecule has 0 amide bonds. The summed E-state index contributed by atoms with van der Waals surface area (Å²) in [5, 5.41) is 4.31. The number of carbonyl (C=O) groups excluding carboxylic acids is 1. The number of hydrogen-bond donors (Lipinski definition) is 1. The van der Waals surface area contributed by atoms with Gasteiger partial charge in [0.05, 0.1) is 23.8 Å². The van der Waals surface area contributed by atoms with Gasteiger partial charge in [0.2, 0.25) is 0 Å². The molecule has 0 aromatic heterocycles. The predicted octanol–water partition coefficient (Wildman–Crippen LogP) is 4.19. The molecule has 0 aliphatic rings. The molecular formula is C22H19ClN2O5S. The number of esters is 1. The molecule has 0 saturated carbocycles. The molecule has 0 radical (unpaired) electrons. The molecule has 3 aromatic rings. The maximum Gasteiger partial charge on any atom is 0.343 e. The van der Waals surface area contributed by atoms with Crippen molar-refractivity contribution in [3.8, 4) is 11.5 Å². The molecular weight excluding hydrogens is 440 g/mol. The summed E-state index contributed by atoms with van der Waals surface area (Å²) in [4.78, 5) is 14.6. The highest BCUT2D eigenvalue weighted by atomic mass is 35.5. The molecule has 7 nitrogen and oxygen atoms in total. The quantitative estimate of drug-likeness (QED) is 0.248. The van der Waals surface area contributed by atoms with Crippen molar-refractivity contribution in [1.29, 1.82) is 0 Å². The third kappa shape index (κ3) is 5.84. The second-order valence-electron chi connectivity index (χ2n) is 6.47. The average molecular weight is 459 g/mol. The summed E-state index contributed by atoms with van der Waals surface area (Å²) < 4.78 is 35.2. The molecule has 0 atom stereocenters. The number of carbonyl (C=O) groups is 1. The van der Waals surface area contributed by atoms with Crippen LogP contribution in [0.25, 0.3) is 0 Å². The van der Waals surface area contributed by atoms with Crippen molar-refractivity contribution in [3.63, 3.8) is 0 Å². The molecule has 9 heteroatoms. The molecule has 0 aliphatic carbocycles. The molecule has 0 unspecified atom stereocenters. The van der Waals surface area contributed by atoms with Crippen LogP contribution in [0.2, 0.25) is 5.02 Å². The van der Waals surface area contributed by atoms with Crippen LogP contribution < -0.4 is 14.3 Å². The minimum absolute atomic E-state index is 0.109. The van der Waals surface area contributed by atoms with Crippen LogP contribution in [-0.4, -0.2) is 27.7 Å². The van der Waals surface area contributed by atoms with Crippen LogP contribution in [0.15, 0.2) is 76.7 Å². The van der Waals surface area contributed by atoms with E-state index in [0.717, 1.165) is 5.56 Å². The van der Waals surface area contributed by atoms with E-state index in [9.17, 15) is 13.2 Å². The summed E-state index contributed by atoms with van der Waals surface area (Å²) in [5.41, 5.74) is 1.82. The zero-order valence-corrected chi connectivity index (χ0v) is 18.3. The number of ether oxygens (including phenoxy) is 2. The Kier molecular flexibility index (Phi) is 6.94. The van der Waals surface area contributed by atoms with Crippen LogP contribution in [0.3, 0.4) is 0 Å². The van der Waals surface area contributed by atoms with Crippen LogP contribution in [0.1, 0.15) is 21.5 Å². The van der Waals surface area contributed by atoms with E-state index in [4.69, 9.17) is 21.1 Å².